The summed E-state index contributed by atoms with van der Waals surface area (Å²) in [6.07, 6.45) is -6.20. The van der Waals surface area contributed by atoms with Gasteiger partial charge in [0.2, 0.25) is 11.9 Å². The molecule has 2 unspecified atom stereocenters. The second-order valence-corrected chi connectivity index (χ2v) is 9.61. The van der Waals surface area contributed by atoms with Gasteiger partial charge in [-0.25, -0.2) is 13.2 Å². The normalized spacial score (nSPS) is 12.7. The molecular weight excluding hydrogens is 595 g/mol. The number of carboxylic acids is 1. The lowest BCUT2D eigenvalue weighted by molar-refractivity contribution is -0.384. The van der Waals surface area contributed by atoms with Gasteiger partial charge in [0.1, 0.15) is 10.7 Å². The Morgan fingerprint density at radius 1 is 1.23 bits per heavy atom. The number of sulfonamides is 1. The maximum atomic E-state index is 13.1. The molecule has 0 spiro atoms. The first-order chi connectivity index (χ1) is 18.2. The number of nitro groups is 1. The second-order valence-electron chi connectivity index (χ2n) is 7.52. The van der Waals surface area contributed by atoms with Gasteiger partial charge in [0, 0.05) is 11.8 Å². The smallest absolute Gasteiger partial charge is 0.475 e. The van der Waals surface area contributed by atoms with Gasteiger partial charge in [0.15, 0.2) is 12.1 Å². The number of nitrogens with one attached hydrogen (secondary N) is 1. The Kier molecular flexibility index (Phi) is 10.8. The van der Waals surface area contributed by atoms with Gasteiger partial charge in [-0.1, -0.05) is 11.6 Å². The maximum Gasteiger partial charge on any atom is 0.490 e. The van der Waals surface area contributed by atoms with Gasteiger partial charge in [-0.2, -0.15) is 13.2 Å². The topological polar surface area (TPSA) is 265 Å². The molecule has 0 aliphatic rings. The molecule has 1 heterocycles. The van der Waals surface area contributed by atoms with E-state index in [1.54, 1.807) is 0 Å². The minimum atomic E-state index is -5.08. The molecule has 8 N–H and O–H groups in total. The van der Waals surface area contributed by atoms with Crippen molar-refractivity contribution < 1.29 is 46.0 Å². The van der Waals surface area contributed by atoms with Crippen molar-refractivity contribution in [3.8, 4) is 0 Å². The van der Waals surface area contributed by atoms with Gasteiger partial charge in [0.05, 0.1) is 9.82 Å². The number of nitrogens with two attached hydrogens (primary N) is 3. The van der Waals surface area contributed by atoms with Crippen LogP contribution in [-0.2, 0) is 24.4 Å². The predicted octanol–water partition coefficient (Wildman–Crippen LogP) is 0.772. The number of carboxylic acid groups (broad SMARTS) is 1. The van der Waals surface area contributed by atoms with Crippen molar-refractivity contribution in [2.75, 3.05) is 4.72 Å². The van der Waals surface area contributed by atoms with Crippen molar-refractivity contribution >= 4 is 50.8 Å². The van der Waals surface area contributed by atoms with Crippen molar-refractivity contribution in [2.45, 2.75) is 37.1 Å². The molecule has 0 radical (unpaired) electrons. The van der Waals surface area contributed by atoms with Crippen molar-refractivity contribution in [1.82, 2.24) is 4.57 Å². The van der Waals surface area contributed by atoms with E-state index in [2.05, 4.69) is 9.88 Å². The van der Waals surface area contributed by atoms with E-state index in [4.69, 9.17) is 43.5 Å². The number of aryl methyl sites for hydroxylation is 1. The molecule has 2 aromatic rings. The molecule has 2 rings (SSSR count). The SMILES string of the molecule is Cc1ccc(NS(=O)(=O)c2ccc(Cl)c([N+](=O)[O-])c2)c(=O)n1C(C(N)=O)C(C)ON=C(N)N.O=C(O)C(F)(F)F. The van der Waals surface area contributed by atoms with Gasteiger partial charge >= 0.3 is 12.1 Å². The lowest BCUT2D eigenvalue weighted by atomic mass is 10.1. The third-order valence-corrected chi connectivity index (χ3v) is 6.25. The quantitative estimate of drug-likeness (QED) is 0.114. The molecule has 0 aliphatic heterocycles. The Morgan fingerprint density at radius 2 is 1.77 bits per heavy atom. The Hall–Kier alpha value is -4.59. The number of guanidine groups is 1. The van der Waals surface area contributed by atoms with Gasteiger partial charge in [0.25, 0.3) is 21.3 Å². The van der Waals surface area contributed by atoms with Gasteiger partial charge in [-0.05, 0) is 43.3 Å². The molecule has 0 aliphatic carbocycles. The van der Waals surface area contributed by atoms with Gasteiger partial charge < -0.3 is 27.1 Å². The molecule has 1 aromatic heterocycles. The van der Waals surface area contributed by atoms with E-state index >= 15 is 0 Å². The Morgan fingerprint density at radius 3 is 2.23 bits per heavy atom. The minimum absolute atomic E-state index is 0.244. The van der Waals surface area contributed by atoms with Crippen LogP contribution in [0.15, 0.2) is 45.2 Å². The van der Waals surface area contributed by atoms with Gasteiger partial charge in [-0.3, -0.25) is 29.0 Å². The first-order valence-corrected chi connectivity index (χ1v) is 12.1. The predicted molar refractivity (Wildman–Crippen MR) is 133 cm³/mol. The largest absolute Gasteiger partial charge is 0.490 e. The Labute approximate surface area is 227 Å². The van der Waals surface area contributed by atoms with Crippen LogP contribution in [0.5, 0.6) is 0 Å². The number of aromatic nitrogens is 1. The van der Waals surface area contributed by atoms with E-state index in [9.17, 15) is 41.3 Å². The van der Waals surface area contributed by atoms with Crippen LogP contribution >= 0.6 is 11.6 Å². The number of benzene rings is 1. The average molecular weight is 616 g/mol. The second kappa shape index (κ2) is 13.0. The summed E-state index contributed by atoms with van der Waals surface area (Å²) >= 11 is 5.71. The highest BCUT2D eigenvalue weighted by atomic mass is 35.5. The molecule has 0 saturated heterocycles. The first-order valence-electron chi connectivity index (χ1n) is 10.2. The molecule has 0 bridgehead atoms. The highest BCUT2D eigenvalue weighted by Gasteiger charge is 2.38. The fourth-order valence-electron chi connectivity index (χ4n) is 2.84. The number of alkyl halides is 3. The number of rotatable bonds is 9. The number of carbonyl (C=O) groups is 2. The fraction of sp³-hybridized carbons (Fsp3) is 0.263. The molecule has 16 nitrogen and oxygen atoms in total. The van der Waals surface area contributed by atoms with E-state index in [1.807, 2.05) is 0 Å². The summed E-state index contributed by atoms with van der Waals surface area (Å²) in [5.41, 5.74) is 14.0. The first kappa shape index (κ1) is 33.4. The van der Waals surface area contributed by atoms with Crippen LogP contribution in [0.3, 0.4) is 0 Å². The van der Waals surface area contributed by atoms with Crippen molar-refractivity contribution in [2.24, 2.45) is 22.4 Å². The lowest BCUT2D eigenvalue weighted by Gasteiger charge is -2.24. The average Bonchev–Trinajstić information content (AvgIpc) is 2.81. The minimum Gasteiger partial charge on any atom is -0.475 e. The van der Waals surface area contributed by atoms with Crippen LogP contribution in [0.4, 0.5) is 24.5 Å². The molecule has 0 saturated carbocycles. The number of pyridine rings is 1. The highest BCUT2D eigenvalue weighted by molar-refractivity contribution is 7.92. The van der Waals surface area contributed by atoms with Crippen molar-refractivity contribution in [1.29, 1.82) is 0 Å². The third kappa shape index (κ3) is 8.73. The molecule has 40 heavy (non-hydrogen) atoms. The van der Waals surface area contributed by atoms with E-state index in [-0.39, 0.29) is 10.7 Å². The van der Waals surface area contributed by atoms with Crippen molar-refractivity contribution in [3.05, 3.63) is 61.5 Å². The summed E-state index contributed by atoms with van der Waals surface area (Å²) in [4.78, 5) is 48.8. The molecule has 1 aromatic carbocycles. The molecular formula is C19H21ClF3N7O9S. The number of nitrogens with zero attached hydrogens (tertiary/aromatic N) is 3. The van der Waals surface area contributed by atoms with Gasteiger partial charge in [-0.15, -0.1) is 0 Å². The summed E-state index contributed by atoms with van der Waals surface area (Å²) in [7, 11) is -4.45. The summed E-state index contributed by atoms with van der Waals surface area (Å²) in [5.74, 6) is -4.17. The summed E-state index contributed by atoms with van der Waals surface area (Å²) in [6.45, 7) is 2.85. The monoisotopic (exact) mass is 615 g/mol. The third-order valence-electron chi connectivity index (χ3n) is 4.57. The van der Waals surface area contributed by atoms with Crippen LogP contribution in [0.1, 0.15) is 18.7 Å². The molecule has 0 fully saturated rings. The highest BCUT2D eigenvalue weighted by Crippen LogP contribution is 2.28. The summed E-state index contributed by atoms with van der Waals surface area (Å²) in [5, 5.41) is 21.3. The number of nitro benzene ring substituents is 1. The molecule has 220 valence electrons. The van der Waals surface area contributed by atoms with Crippen LogP contribution in [0.25, 0.3) is 0 Å². The molecule has 2 atom stereocenters. The Bertz CT molecular complexity index is 1490. The molecule has 1 amide bonds. The van der Waals surface area contributed by atoms with E-state index in [1.165, 1.54) is 19.9 Å². The zero-order chi connectivity index (χ0) is 31.2. The summed E-state index contributed by atoms with van der Waals surface area (Å²) < 4.78 is 60.2. The van der Waals surface area contributed by atoms with E-state index in [0.29, 0.717) is 0 Å². The zero-order valence-electron chi connectivity index (χ0n) is 20.2. The number of amides is 1. The number of anilines is 1. The maximum absolute atomic E-state index is 13.1. The number of hydrogen-bond acceptors (Lipinski definition) is 9. The summed E-state index contributed by atoms with van der Waals surface area (Å²) in [6, 6.07) is 3.91. The number of halogens is 4. The van der Waals surface area contributed by atoms with E-state index < -0.39 is 72.9 Å². The molecule has 21 heteroatoms. The lowest BCUT2D eigenvalue weighted by Crippen LogP contribution is -2.42. The number of primary amides is 1. The van der Waals surface area contributed by atoms with Crippen LogP contribution in [-0.4, -0.2) is 53.1 Å². The standard InChI is InChI=1S/C17H20ClN7O7S.C2HF3O2/c1-8-3-6-12(16(27)24(8)14(15(19)26)9(2)32-22-17(20)21)23-33(30,31)10-4-5-11(18)13(7-10)25(28)29;3-2(4,5)1(6)7/h3-7,9,14,23H,1-2H3,(H2,19,26)(H4,20,21,22);(H,6,7). The van der Waals surface area contributed by atoms with Crippen LogP contribution in [0, 0.1) is 17.0 Å². The zero-order valence-corrected chi connectivity index (χ0v) is 21.8. The number of hydrogen-bond donors (Lipinski definition) is 5. The number of oxime groups is 1. The number of aliphatic carboxylic acids is 1. The number of carbonyl (C=O) groups excluding carboxylic acids is 1. The van der Waals surface area contributed by atoms with Crippen LogP contribution < -0.4 is 27.5 Å². The fourth-order valence-corrected chi connectivity index (χ4v) is 4.11. The Balaban J connectivity index is 0.00000101. The van der Waals surface area contributed by atoms with E-state index in [0.717, 1.165) is 28.8 Å². The van der Waals surface area contributed by atoms with Crippen molar-refractivity contribution in [3.63, 3.8) is 0 Å². The van der Waals surface area contributed by atoms with Crippen LogP contribution in [0.2, 0.25) is 5.02 Å².